The summed E-state index contributed by atoms with van der Waals surface area (Å²) in [5, 5.41) is 2.30. The highest BCUT2D eigenvalue weighted by Crippen LogP contribution is 2.26. The Labute approximate surface area is 235 Å². The molecule has 0 aliphatic rings. The molecule has 0 aliphatic heterocycles. The number of rotatable bonds is 5. The molecule has 0 N–H and O–H groups in total. The Morgan fingerprint density at radius 1 is 0.513 bits per heavy atom. The molecule has 0 aliphatic carbocycles. The van der Waals surface area contributed by atoms with Crippen LogP contribution < -0.4 is 7.58 Å². The highest BCUT2D eigenvalue weighted by molar-refractivity contribution is 6.44. The Morgan fingerprint density at radius 3 is 1.79 bits per heavy atom. The molecule has 0 saturated carbocycles. The maximum Gasteiger partial charge on any atom is 0.853 e. The van der Waals surface area contributed by atoms with Crippen molar-refractivity contribution in [2.24, 2.45) is 0 Å². The average Bonchev–Trinajstić information content (AvgIpc) is 2.95. The summed E-state index contributed by atoms with van der Waals surface area (Å²) in [6.07, 6.45) is 0. The number of pyridine rings is 2. The summed E-state index contributed by atoms with van der Waals surface area (Å²) >= 11 is -1.91. The van der Waals surface area contributed by atoms with Crippen molar-refractivity contribution >= 4 is 36.6 Å². The van der Waals surface area contributed by atoms with E-state index in [2.05, 4.69) is 71.5 Å². The van der Waals surface area contributed by atoms with Crippen LogP contribution in [0.1, 0.15) is 17.0 Å². The predicted molar refractivity (Wildman–Crippen MR) is 162 cm³/mol. The van der Waals surface area contributed by atoms with Gasteiger partial charge in [-0.05, 0) is 73.6 Å². The minimum atomic E-state index is -1.91. The third kappa shape index (κ3) is 6.64. The first-order valence-corrected chi connectivity index (χ1v) is 15.2. The van der Waals surface area contributed by atoms with Gasteiger partial charge in [0.1, 0.15) is 11.3 Å². The van der Waals surface area contributed by atoms with E-state index in [0.717, 1.165) is 39.3 Å². The van der Waals surface area contributed by atoms with E-state index >= 15 is 0 Å². The summed E-state index contributed by atoms with van der Waals surface area (Å²) < 4.78 is 12.2. The van der Waals surface area contributed by atoms with Gasteiger partial charge in [-0.3, -0.25) is 4.98 Å². The Bertz CT molecular complexity index is 1700. The molecule has 0 fully saturated rings. The summed E-state index contributed by atoms with van der Waals surface area (Å²) in [6, 6.07) is 39.0. The molecule has 0 saturated heterocycles. The van der Waals surface area contributed by atoms with E-state index in [4.69, 9.17) is 7.58 Å². The molecule has 0 amide bonds. The molecular formula is C34H31AlN2O2. The van der Waals surface area contributed by atoms with Crippen LogP contribution in [-0.2, 0) is 0 Å². The van der Waals surface area contributed by atoms with Crippen molar-refractivity contribution in [1.29, 1.82) is 0 Å². The number of benzene rings is 4. The van der Waals surface area contributed by atoms with Gasteiger partial charge in [-0.25, -0.2) is 4.98 Å². The quantitative estimate of drug-likeness (QED) is 0.211. The third-order valence-electron chi connectivity index (χ3n) is 6.44. The summed E-state index contributed by atoms with van der Waals surface area (Å²) in [6.45, 7) is 6.10. The number of nitrogens with zero attached hydrogens (tertiary/aromatic N) is 2. The molecule has 0 bridgehead atoms. The molecule has 0 unspecified atom stereocenters. The Balaban J connectivity index is 0.000000214. The molecule has 6 aromatic rings. The molecule has 2 aromatic heterocycles. The first-order valence-electron chi connectivity index (χ1n) is 13.1. The van der Waals surface area contributed by atoms with Gasteiger partial charge in [-0.15, -0.1) is 0 Å². The maximum atomic E-state index is 6.16. The van der Waals surface area contributed by atoms with Crippen LogP contribution in [0, 0.1) is 20.8 Å². The van der Waals surface area contributed by atoms with Crippen LogP contribution in [0.3, 0.4) is 0 Å². The van der Waals surface area contributed by atoms with E-state index < -0.39 is 14.8 Å². The number of hydrogen-bond donors (Lipinski definition) is 0. The number of para-hydroxylation sites is 2. The van der Waals surface area contributed by atoms with Gasteiger partial charge in [0.05, 0.1) is 11.3 Å². The van der Waals surface area contributed by atoms with Gasteiger partial charge < -0.3 is 7.58 Å². The van der Waals surface area contributed by atoms with Crippen molar-refractivity contribution in [2.75, 3.05) is 0 Å². The lowest BCUT2D eigenvalue weighted by Crippen LogP contribution is -2.25. The molecule has 39 heavy (non-hydrogen) atoms. The Kier molecular flexibility index (Phi) is 8.22. The van der Waals surface area contributed by atoms with Gasteiger partial charge in [0, 0.05) is 22.2 Å². The minimum Gasteiger partial charge on any atom is -0.612 e. The largest absolute Gasteiger partial charge is 0.853 e. The summed E-state index contributed by atoms with van der Waals surface area (Å²) in [4.78, 5) is 9.10. The second-order valence-corrected chi connectivity index (χ2v) is 11.2. The maximum absolute atomic E-state index is 6.16. The normalized spacial score (nSPS) is 10.6. The zero-order chi connectivity index (χ0) is 27.2. The smallest absolute Gasteiger partial charge is 0.612 e. The predicted octanol–water partition coefficient (Wildman–Crippen LogP) is 8.64. The zero-order valence-corrected chi connectivity index (χ0v) is 23.9. The lowest BCUT2D eigenvalue weighted by molar-refractivity contribution is 0.433. The highest BCUT2D eigenvalue weighted by atomic mass is 27.2. The van der Waals surface area contributed by atoms with Crippen LogP contribution in [0.5, 0.6) is 11.5 Å². The van der Waals surface area contributed by atoms with Gasteiger partial charge in [-0.2, -0.15) is 0 Å². The molecule has 6 rings (SSSR count). The topological polar surface area (TPSA) is 44.2 Å². The number of aromatic nitrogens is 2. The summed E-state index contributed by atoms with van der Waals surface area (Å²) in [7, 11) is 0. The van der Waals surface area contributed by atoms with Gasteiger partial charge >= 0.3 is 14.8 Å². The van der Waals surface area contributed by atoms with E-state index in [1.807, 2.05) is 80.3 Å². The van der Waals surface area contributed by atoms with E-state index in [0.29, 0.717) is 0 Å². The first-order chi connectivity index (χ1) is 19.0. The van der Waals surface area contributed by atoms with Gasteiger partial charge in [0.15, 0.2) is 0 Å². The van der Waals surface area contributed by atoms with Crippen LogP contribution in [-0.4, -0.2) is 24.8 Å². The molecule has 0 atom stereocenters. The fraction of sp³-hybridized carbons (Fsp3) is 0.118. The Hall–Kier alpha value is -4.17. The lowest BCUT2D eigenvalue weighted by Gasteiger charge is -2.15. The molecule has 192 valence electrons. The molecular weight excluding hydrogens is 495 g/mol. The SMILES string of the molecule is Cc1ccc2cccc(C)c2n1.Cc1ccc2cccc([O][Al]([CH3])[O]c3ccc(-c4ccccc4)cc3)c2n1. The molecule has 0 radical (unpaired) electrons. The van der Waals surface area contributed by atoms with E-state index in [9.17, 15) is 0 Å². The van der Waals surface area contributed by atoms with Gasteiger partial charge in [0.25, 0.3) is 0 Å². The minimum absolute atomic E-state index is 0.788. The second-order valence-electron chi connectivity index (χ2n) is 9.57. The number of hydrogen-bond acceptors (Lipinski definition) is 4. The Morgan fingerprint density at radius 2 is 1.10 bits per heavy atom. The fourth-order valence-corrected chi connectivity index (χ4v) is 5.59. The van der Waals surface area contributed by atoms with Crippen LogP contribution >= 0.6 is 0 Å². The third-order valence-corrected chi connectivity index (χ3v) is 7.63. The van der Waals surface area contributed by atoms with E-state index in [1.165, 1.54) is 22.1 Å². The lowest BCUT2D eigenvalue weighted by atomic mass is 10.1. The molecule has 4 nitrogen and oxygen atoms in total. The number of aryl methyl sites for hydroxylation is 3. The van der Waals surface area contributed by atoms with Crippen molar-refractivity contribution in [3.05, 3.63) is 132 Å². The van der Waals surface area contributed by atoms with Crippen molar-refractivity contribution in [3.8, 4) is 22.6 Å². The van der Waals surface area contributed by atoms with Crippen molar-refractivity contribution in [2.45, 2.75) is 26.6 Å². The molecule has 4 aromatic carbocycles. The van der Waals surface area contributed by atoms with Crippen LogP contribution in [0.15, 0.2) is 115 Å². The number of fused-ring (bicyclic) bond motifs is 2. The van der Waals surface area contributed by atoms with Crippen molar-refractivity contribution < 1.29 is 7.58 Å². The van der Waals surface area contributed by atoms with E-state index in [1.54, 1.807) is 0 Å². The first kappa shape index (κ1) is 26.4. The molecule has 5 heteroatoms. The van der Waals surface area contributed by atoms with Gasteiger partial charge in [-0.1, -0.05) is 84.9 Å². The van der Waals surface area contributed by atoms with Crippen molar-refractivity contribution in [1.82, 2.24) is 9.97 Å². The van der Waals surface area contributed by atoms with E-state index in [-0.39, 0.29) is 0 Å². The van der Waals surface area contributed by atoms with Crippen molar-refractivity contribution in [3.63, 3.8) is 0 Å². The van der Waals surface area contributed by atoms with Crippen LogP contribution in [0.25, 0.3) is 32.9 Å². The standard InChI is InChI=1S/C12H10O.C11H11N.C10H9NO.CH3.Al/c13-12-8-6-11(7-9-12)10-4-2-1-3-5-10;1-8-4-3-5-10-7-6-9(2)12-11(8)10;1-7-5-6-8-3-2-4-9(12)10(8)11-7;;/h1-9,13H;3-7H,1-2H3;2-6,12H,1H3;1H3;/q;;;;+2/p-2. The zero-order valence-electron chi connectivity index (χ0n) is 22.8. The monoisotopic (exact) mass is 526 g/mol. The molecule has 0 spiro atoms. The second kappa shape index (κ2) is 12.1. The van der Waals surface area contributed by atoms with Gasteiger partial charge in [0.2, 0.25) is 0 Å². The summed E-state index contributed by atoms with van der Waals surface area (Å²) in [5.41, 5.74) is 7.69. The van der Waals surface area contributed by atoms with Crippen LogP contribution in [0.2, 0.25) is 5.79 Å². The highest BCUT2D eigenvalue weighted by Gasteiger charge is 2.25. The average molecular weight is 527 g/mol. The summed E-state index contributed by atoms with van der Waals surface area (Å²) in [5.74, 6) is 3.65. The molecule has 2 heterocycles. The fourth-order valence-electron chi connectivity index (χ4n) is 4.46. The van der Waals surface area contributed by atoms with Crippen LogP contribution in [0.4, 0.5) is 0 Å².